The highest BCUT2D eigenvalue weighted by Gasteiger charge is 2.38. The van der Waals surface area contributed by atoms with Crippen molar-refractivity contribution in [3.05, 3.63) is 101 Å². The highest BCUT2D eigenvalue weighted by molar-refractivity contribution is 6.30. The lowest BCUT2D eigenvalue weighted by Gasteiger charge is -2.21. The molecule has 35 heavy (non-hydrogen) atoms. The van der Waals surface area contributed by atoms with Crippen LogP contribution in [0.3, 0.4) is 0 Å². The van der Waals surface area contributed by atoms with Crippen LogP contribution in [-0.4, -0.2) is 31.4 Å². The number of methoxy groups -OCH3 is 1. The molecule has 0 atom stereocenters. The molecule has 8 heteroatoms. The van der Waals surface area contributed by atoms with Crippen molar-refractivity contribution < 1.29 is 28.3 Å². The van der Waals surface area contributed by atoms with E-state index in [0.29, 0.717) is 22.9 Å². The average Bonchev–Trinajstić information content (AvgIpc) is 3.48. The van der Waals surface area contributed by atoms with Gasteiger partial charge in [-0.3, -0.25) is 9.59 Å². The number of para-hydroxylation sites is 1. The molecule has 0 aliphatic carbocycles. The van der Waals surface area contributed by atoms with E-state index in [9.17, 15) is 14.4 Å². The number of ketones is 1. The molecular weight excluding hydrogens is 448 g/mol. The van der Waals surface area contributed by atoms with Crippen LogP contribution in [0, 0.1) is 0 Å². The summed E-state index contributed by atoms with van der Waals surface area (Å²) in [6.45, 7) is 1.85. The first-order valence-electron chi connectivity index (χ1n) is 10.9. The highest BCUT2D eigenvalue weighted by Crippen LogP contribution is 2.35. The van der Waals surface area contributed by atoms with Gasteiger partial charge >= 0.3 is 5.97 Å². The predicted molar refractivity (Wildman–Crippen MR) is 129 cm³/mol. The number of amides is 1. The number of ether oxygens (including phenoxy) is 2. The van der Waals surface area contributed by atoms with Crippen LogP contribution in [0.2, 0.25) is 0 Å². The van der Waals surface area contributed by atoms with Crippen molar-refractivity contribution in [2.24, 2.45) is 0 Å². The van der Waals surface area contributed by atoms with E-state index in [-0.39, 0.29) is 24.6 Å². The molecule has 4 rings (SSSR count). The van der Waals surface area contributed by atoms with Gasteiger partial charge in [-0.2, -0.15) is 0 Å². The number of anilines is 1. The SMILES string of the molecule is COC(=O)C1=C(C)N(c2ccccc2)/C(=C\c2ccc(OCC(=O)NCc3ccco3)cc2)C1=O. The monoisotopic (exact) mass is 472 g/mol. The van der Waals surface area contributed by atoms with Gasteiger partial charge in [0.2, 0.25) is 5.78 Å². The molecule has 3 aromatic rings. The van der Waals surface area contributed by atoms with Gasteiger partial charge in [0.15, 0.2) is 6.61 Å². The molecule has 0 saturated heterocycles. The Hall–Kier alpha value is -4.59. The molecule has 1 aliphatic heterocycles. The third-order valence-electron chi connectivity index (χ3n) is 5.40. The molecule has 0 radical (unpaired) electrons. The molecule has 1 aliphatic rings. The average molecular weight is 472 g/mol. The summed E-state index contributed by atoms with van der Waals surface area (Å²) in [6.07, 6.45) is 3.25. The van der Waals surface area contributed by atoms with E-state index >= 15 is 0 Å². The smallest absolute Gasteiger partial charge is 0.343 e. The molecule has 0 fully saturated rings. The lowest BCUT2D eigenvalue weighted by Crippen LogP contribution is -2.28. The van der Waals surface area contributed by atoms with Gasteiger partial charge in [0.05, 0.1) is 25.6 Å². The molecule has 1 amide bonds. The summed E-state index contributed by atoms with van der Waals surface area (Å²) in [5.41, 5.74) is 2.31. The molecule has 0 saturated carbocycles. The number of nitrogens with one attached hydrogen (secondary N) is 1. The molecule has 0 spiro atoms. The molecule has 178 valence electrons. The fourth-order valence-corrected chi connectivity index (χ4v) is 3.69. The maximum absolute atomic E-state index is 13.2. The van der Waals surface area contributed by atoms with Crippen LogP contribution >= 0.6 is 0 Å². The van der Waals surface area contributed by atoms with Crippen molar-refractivity contribution in [3.8, 4) is 5.75 Å². The van der Waals surface area contributed by atoms with Crippen molar-refractivity contribution in [2.45, 2.75) is 13.5 Å². The number of carbonyl (C=O) groups excluding carboxylic acids is 3. The first kappa shape index (κ1) is 23.6. The van der Waals surface area contributed by atoms with Crippen molar-refractivity contribution in [3.63, 3.8) is 0 Å². The van der Waals surface area contributed by atoms with Gasteiger partial charge < -0.3 is 24.1 Å². The van der Waals surface area contributed by atoms with Crippen molar-refractivity contribution >= 4 is 29.4 Å². The number of esters is 1. The van der Waals surface area contributed by atoms with Crippen LogP contribution in [0.1, 0.15) is 18.2 Å². The standard InChI is InChI=1S/C27H24N2O6/c1-18-25(27(32)33-2)26(31)23(29(18)20-7-4-3-5-8-20)15-19-10-12-21(13-11-19)35-17-24(30)28-16-22-9-6-14-34-22/h3-15H,16-17H2,1-2H3,(H,28,30)/b23-15-. The van der Waals surface area contributed by atoms with Crippen LogP contribution in [0.4, 0.5) is 5.69 Å². The Labute approximate surface area is 202 Å². The zero-order valence-electron chi connectivity index (χ0n) is 19.3. The number of furan rings is 1. The van der Waals surface area contributed by atoms with Gasteiger partial charge in [-0.15, -0.1) is 0 Å². The number of nitrogens with zero attached hydrogens (tertiary/aromatic N) is 1. The van der Waals surface area contributed by atoms with Gasteiger partial charge in [-0.25, -0.2) is 4.79 Å². The van der Waals surface area contributed by atoms with Gasteiger partial charge in [0, 0.05) is 11.4 Å². The Kier molecular flexibility index (Phi) is 7.11. The zero-order valence-corrected chi connectivity index (χ0v) is 19.3. The summed E-state index contributed by atoms with van der Waals surface area (Å²) < 4.78 is 15.5. The normalized spacial score (nSPS) is 14.4. The minimum atomic E-state index is -0.675. The molecule has 8 nitrogen and oxygen atoms in total. The first-order chi connectivity index (χ1) is 17.0. The number of hydrogen-bond donors (Lipinski definition) is 1. The number of carbonyl (C=O) groups is 3. The number of benzene rings is 2. The number of rotatable bonds is 8. The fourth-order valence-electron chi connectivity index (χ4n) is 3.69. The molecular formula is C27H24N2O6. The van der Waals surface area contributed by atoms with Crippen LogP contribution in [0.5, 0.6) is 5.75 Å². The number of Topliss-reactive ketones (excluding diaryl/α,β-unsaturated/α-hetero) is 1. The molecule has 0 unspecified atom stereocenters. The van der Waals surface area contributed by atoms with Crippen LogP contribution in [-0.2, 0) is 25.7 Å². The molecule has 1 N–H and O–H groups in total. The second-order valence-electron chi connectivity index (χ2n) is 7.70. The van der Waals surface area contributed by atoms with Crippen molar-refractivity contribution in [1.29, 1.82) is 0 Å². The largest absolute Gasteiger partial charge is 0.484 e. The van der Waals surface area contributed by atoms with E-state index in [0.717, 1.165) is 11.3 Å². The minimum absolute atomic E-state index is 0.00289. The molecule has 2 aromatic carbocycles. The van der Waals surface area contributed by atoms with E-state index in [1.165, 1.54) is 7.11 Å². The van der Waals surface area contributed by atoms with Gasteiger partial charge in [0.1, 0.15) is 17.1 Å². The lowest BCUT2D eigenvalue weighted by molar-refractivity contribution is -0.137. The second-order valence-corrected chi connectivity index (χ2v) is 7.70. The highest BCUT2D eigenvalue weighted by atomic mass is 16.5. The Bertz CT molecular complexity index is 1270. The Morgan fingerprint density at radius 3 is 2.43 bits per heavy atom. The summed E-state index contributed by atoms with van der Waals surface area (Å²) in [4.78, 5) is 39.2. The van der Waals surface area contributed by atoms with Gasteiger partial charge in [0.25, 0.3) is 5.91 Å². The summed E-state index contributed by atoms with van der Waals surface area (Å²) in [5.74, 6) is -0.207. The summed E-state index contributed by atoms with van der Waals surface area (Å²) in [6, 6.07) is 19.8. The van der Waals surface area contributed by atoms with E-state index in [1.54, 1.807) is 60.6 Å². The quantitative estimate of drug-likeness (QED) is 0.302. The second kappa shape index (κ2) is 10.6. The topological polar surface area (TPSA) is 98.1 Å². The van der Waals surface area contributed by atoms with Gasteiger partial charge in [-0.05, 0) is 55.0 Å². The van der Waals surface area contributed by atoms with Gasteiger partial charge in [-0.1, -0.05) is 30.3 Å². The van der Waals surface area contributed by atoms with E-state index in [2.05, 4.69) is 5.32 Å². The maximum atomic E-state index is 13.2. The zero-order chi connectivity index (χ0) is 24.8. The maximum Gasteiger partial charge on any atom is 0.343 e. The van der Waals surface area contributed by atoms with Crippen molar-refractivity contribution in [2.75, 3.05) is 18.6 Å². The number of allylic oxidation sites excluding steroid dienone is 2. The first-order valence-corrected chi connectivity index (χ1v) is 10.9. The Balaban J connectivity index is 1.48. The summed E-state index contributed by atoms with van der Waals surface area (Å²) in [7, 11) is 1.25. The summed E-state index contributed by atoms with van der Waals surface area (Å²) >= 11 is 0. The molecule has 2 heterocycles. The van der Waals surface area contributed by atoms with Crippen LogP contribution in [0.25, 0.3) is 6.08 Å². The number of hydrogen-bond acceptors (Lipinski definition) is 7. The molecule has 0 bridgehead atoms. The van der Waals surface area contributed by atoms with Crippen molar-refractivity contribution in [1.82, 2.24) is 5.32 Å². The Morgan fingerprint density at radius 1 is 1.03 bits per heavy atom. The Morgan fingerprint density at radius 2 is 1.77 bits per heavy atom. The van der Waals surface area contributed by atoms with E-state index < -0.39 is 11.8 Å². The van der Waals surface area contributed by atoms with Crippen LogP contribution in [0.15, 0.2) is 94.4 Å². The predicted octanol–water partition coefficient (Wildman–Crippen LogP) is 3.85. The third-order valence-corrected chi connectivity index (χ3v) is 5.40. The van der Waals surface area contributed by atoms with E-state index in [4.69, 9.17) is 13.9 Å². The lowest BCUT2D eigenvalue weighted by atomic mass is 10.1. The fraction of sp³-hybridized carbons (Fsp3) is 0.148. The van der Waals surface area contributed by atoms with E-state index in [1.807, 2.05) is 30.3 Å². The van der Waals surface area contributed by atoms with Crippen LogP contribution < -0.4 is 15.0 Å². The summed E-state index contributed by atoms with van der Waals surface area (Å²) in [5, 5.41) is 2.71. The molecule has 1 aromatic heterocycles. The minimum Gasteiger partial charge on any atom is -0.484 e. The third kappa shape index (κ3) is 5.33.